The maximum atomic E-state index is 13.1. The van der Waals surface area contributed by atoms with E-state index in [9.17, 15) is 13.2 Å². The van der Waals surface area contributed by atoms with E-state index in [1.807, 2.05) is 6.07 Å². The topological polar surface area (TPSA) is 70.3 Å². The molecule has 0 spiro atoms. The summed E-state index contributed by atoms with van der Waals surface area (Å²) in [5, 5.41) is 4.17. The third kappa shape index (κ3) is 5.47. The fourth-order valence-corrected chi connectivity index (χ4v) is 4.55. The number of alkyl halides is 3. The highest BCUT2D eigenvalue weighted by Gasteiger charge is 2.31. The average molecular weight is 493 g/mol. The van der Waals surface area contributed by atoms with Gasteiger partial charge in [0.05, 0.1) is 11.1 Å². The highest BCUT2D eigenvalue weighted by atomic mass is 35.5. The number of hydrogen-bond donors (Lipinski definition) is 2. The first kappa shape index (κ1) is 24.3. The summed E-state index contributed by atoms with van der Waals surface area (Å²) >= 11 is 6.16. The molecule has 6 nitrogen and oxygen atoms in total. The van der Waals surface area contributed by atoms with Gasteiger partial charge in [-0.3, -0.25) is 0 Å². The Morgan fingerprint density at radius 3 is 2.47 bits per heavy atom. The second kappa shape index (κ2) is 9.84. The third-order valence-corrected chi connectivity index (χ3v) is 6.36. The molecule has 10 heteroatoms. The first-order valence-electron chi connectivity index (χ1n) is 11.3. The fraction of sp³-hybridized carbons (Fsp3) is 0.417. The molecule has 0 atom stereocenters. The number of hydrogen-bond acceptors (Lipinski definition) is 6. The van der Waals surface area contributed by atoms with E-state index in [0.29, 0.717) is 24.3 Å². The highest BCUT2D eigenvalue weighted by molar-refractivity contribution is 6.28. The number of aryl methyl sites for hydroxylation is 1. The molecular weight excluding hydrogens is 465 g/mol. The van der Waals surface area contributed by atoms with Gasteiger partial charge in [0.25, 0.3) is 0 Å². The Kier molecular flexibility index (Phi) is 7.04. The monoisotopic (exact) mass is 492 g/mol. The van der Waals surface area contributed by atoms with Crippen molar-refractivity contribution in [3.05, 3.63) is 52.3 Å². The van der Waals surface area contributed by atoms with Gasteiger partial charge in [0.15, 0.2) is 0 Å². The molecule has 0 bridgehead atoms. The van der Waals surface area contributed by atoms with Crippen LogP contribution in [0.15, 0.2) is 30.3 Å². The molecule has 34 heavy (non-hydrogen) atoms. The number of nitrogens with one attached hydrogen (secondary N) is 1. The van der Waals surface area contributed by atoms with E-state index in [2.05, 4.69) is 45.0 Å². The van der Waals surface area contributed by atoms with Crippen molar-refractivity contribution >= 4 is 39.7 Å². The summed E-state index contributed by atoms with van der Waals surface area (Å²) in [6, 6.07) is 7.70. The van der Waals surface area contributed by atoms with Crippen LogP contribution in [0, 0.1) is 6.92 Å². The van der Waals surface area contributed by atoms with Crippen LogP contribution in [0.4, 0.5) is 30.4 Å². The smallest absolute Gasteiger partial charge is 0.399 e. The predicted molar refractivity (Wildman–Crippen MR) is 132 cm³/mol. The lowest BCUT2D eigenvalue weighted by atomic mass is 10.1. The van der Waals surface area contributed by atoms with Crippen LogP contribution >= 0.6 is 11.6 Å². The predicted octanol–water partition coefficient (Wildman–Crippen LogP) is 4.99. The maximum absolute atomic E-state index is 13.1. The van der Waals surface area contributed by atoms with Crippen LogP contribution in [0.25, 0.3) is 10.9 Å². The number of fused-ring (bicyclic) bond motifs is 1. The summed E-state index contributed by atoms with van der Waals surface area (Å²) < 4.78 is 39.3. The molecule has 3 N–H and O–H groups in total. The van der Waals surface area contributed by atoms with Crippen LogP contribution in [-0.2, 0) is 12.6 Å². The summed E-state index contributed by atoms with van der Waals surface area (Å²) in [5.74, 6) is 0.559. The lowest BCUT2D eigenvalue weighted by Gasteiger charge is -2.36. The van der Waals surface area contributed by atoms with E-state index in [1.165, 1.54) is 0 Å². The quantitative estimate of drug-likeness (QED) is 0.373. The number of nitrogen functional groups attached to an aromatic ring is 1. The zero-order valence-corrected chi connectivity index (χ0v) is 20.0. The van der Waals surface area contributed by atoms with Crippen molar-refractivity contribution in [2.24, 2.45) is 0 Å². The molecule has 1 aromatic heterocycles. The van der Waals surface area contributed by atoms with Gasteiger partial charge in [-0.15, -0.1) is 0 Å². The first-order chi connectivity index (χ1) is 16.1. The highest BCUT2D eigenvalue weighted by Crippen LogP contribution is 2.33. The van der Waals surface area contributed by atoms with Crippen molar-refractivity contribution in [1.82, 2.24) is 14.9 Å². The molecule has 4 rings (SSSR count). The molecule has 1 saturated heterocycles. The molecule has 182 valence electrons. The van der Waals surface area contributed by atoms with Crippen LogP contribution < -0.4 is 16.0 Å². The van der Waals surface area contributed by atoms with E-state index in [4.69, 9.17) is 17.3 Å². The van der Waals surface area contributed by atoms with Gasteiger partial charge in [0.1, 0.15) is 5.82 Å². The maximum Gasteiger partial charge on any atom is 0.416 e. The van der Waals surface area contributed by atoms with Gasteiger partial charge in [-0.25, -0.2) is 9.97 Å². The molecule has 0 radical (unpaired) electrons. The number of halogens is 4. The van der Waals surface area contributed by atoms with Gasteiger partial charge >= 0.3 is 6.18 Å². The minimum absolute atomic E-state index is 0.0867. The van der Waals surface area contributed by atoms with E-state index < -0.39 is 11.7 Å². The lowest BCUT2D eigenvalue weighted by Crippen LogP contribution is -2.46. The van der Waals surface area contributed by atoms with Crippen LogP contribution in [0.2, 0.25) is 5.28 Å². The van der Waals surface area contributed by atoms with E-state index in [0.717, 1.165) is 67.0 Å². The normalized spacial score (nSPS) is 15.2. The lowest BCUT2D eigenvalue weighted by molar-refractivity contribution is -0.137. The first-order valence-corrected chi connectivity index (χ1v) is 11.7. The second-order valence-electron chi connectivity index (χ2n) is 8.56. The molecule has 0 aliphatic carbocycles. The van der Waals surface area contributed by atoms with E-state index in [1.54, 1.807) is 6.07 Å². The number of likely N-dealkylation sites (N-methyl/N-ethyl adjacent to an activating group) is 1. The number of aromatic nitrogens is 2. The molecule has 1 fully saturated rings. The summed E-state index contributed by atoms with van der Waals surface area (Å²) in [6.07, 6.45) is -4.10. The number of nitrogens with two attached hydrogens (primary N) is 1. The van der Waals surface area contributed by atoms with Gasteiger partial charge in [-0.05, 0) is 72.9 Å². The third-order valence-electron chi connectivity index (χ3n) is 6.19. The summed E-state index contributed by atoms with van der Waals surface area (Å²) in [4.78, 5) is 13.5. The number of benzene rings is 2. The molecule has 1 aliphatic heterocycles. The second-order valence-corrected chi connectivity index (χ2v) is 8.89. The minimum atomic E-state index is -4.44. The van der Waals surface area contributed by atoms with Gasteiger partial charge in [0.2, 0.25) is 5.28 Å². The Labute approximate surface area is 201 Å². The molecule has 2 heterocycles. The van der Waals surface area contributed by atoms with Crippen LogP contribution in [-0.4, -0.2) is 54.1 Å². The van der Waals surface area contributed by atoms with Crippen molar-refractivity contribution in [1.29, 1.82) is 0 Å². The fourth-order valence-electron chi connectivity index (χ4n) is 4.37. The zero-order chi connectivity index (χ0) is 24.5. The summed E-state index contributed by atoms with van der Waals surface area (Å²) in [5.41, 5.74) is 8.48. The van der Waals surface area contributed by atoms with Crippen LogP contribution in [0.1, 0.15) is 23.6 Å². The Bertz CT molecular complexity index is 1180. The van der Waals surface area contributed by atoms with Gasteiger partial charge in [0, 0.05) is 49.5 Å². The molecule has 0 saturated carbocycles. The Hall–Kier alpha value is -2.78. The number of rotatable bonds is 6. The van der Waals surface area contributed by atoms with Crippen LogP contribution in [0.3, 0.4) is 0 Å². The number of anilines is 3. The molecule has 3 aromatic rings. The number of nitrogens with zero attached hydrogens (tertiary/aromatic N) is 4. The Balaban J connectivity index is 1.56. The van der Waals surface area contributed by atoms with Crippen molar-refractivity contribution in [2.45, 2.75) is 26.4 Å². The van der Waals surface area contributed by atoms with Crippen molar-refractivity contribution in [3.63, 3.8) is 0 Å². The number of piperazine rings is 1. The van der Waals surface area contributed by atoms with E-state index >= 15 is 0 Å². The van der Waals surface area contributed by atoms with E-state index in [-0.39, 0.29) is 11.0 Å². The standard InChI is InChI=1S/C24H28ClF3N6/c1-3-33-6-8-34(9-7-33)21-14-19-20(10-15(21)2)31-23(25)32-22(19)30-5-4-16-11-17(24(26,27)28)13-18(29)12-16/h10-14H,3-9,29H2,1-2H3,(H,30,31,32). The summed E-state index contributed by atoms with van der Waals surface area (Å²) in [6.45, 7) is 9.53. The Morgan fingerprint density at radius 2 is 1.79 bits per heavy atom. The van der Waals surface area contributed by atoms with Crippen molar-refractivity contribution in [3.8, 4) is 0 Å². The SMILES string of the molecule is CCN1CCN(c2cc3c(NCCc4cc(N)cc(C(F)(F)F)c4)nc(Cl)nc3cc2C)CC1. The van der Waals surface area contributed by atoms with Crippen molar-refractivity contribution < 1.29 is 13.2 Å². The van der Waals surface area contributed by atoms with Gasteiger partial charge < -0.3 is 20.9 Å². The molecule has 0 unspecified atom stereocenters. The Morgan fingerprint density at radius 1 is 1.06 bits per heavy atom. The van der Waals surface area contributed by atoms with Gasteiger partial charge in [-0.2, -0.15) is 13.2 Å². The molecular formula is C24H28ClF3N6. The van der Waals surface area contributed by atoms with Gasteiger partial charge in [-0.1, -0.05) is 6.92 Å². The average Bonchev–Trinajstić information content (AvgIpc) is 2.77. The largest absolute Gasteiger partial charge is 0.416 e. The van der Waals surface area contributed by atoms with Crippen LogP contribution in [0.5, 0.6) is 0 Å². The zero-order valence-electron chi connectivity index (χ0n) is 19.2. The molecule has 1 aliphatic rings. The minimum Gasteiger partial charge on any atom is -0.399 e. The molecule has 2 aromatic carbocycles. The van der Waals surface area contributed by atoms with Crippen molar-refractivity contribution in [2.75, 3.05) is 55.2 Å². The molecule has 0 amide bonds. The summed E-state index contributed by atoms with van der Waals surface area (Å²) in [7, 11) is 0.